The maximum Gasteiger partial charge on any atom is 0.261 e. The Bertz CT molecular complexity index is 825. The summed E-state index contributed by atoms with van der Waals surface area (Å²) < 4.78 is 1.57. The molecule has 0 aliphatic rings. The molecule has 5 heteroatoms. The van der Waals surface area contributed by atoms with E-state index in [-0.39, 0.29) is 5.56 Å². The number of benzene rings is 2. The summed E-state index contributed by atoms with van der Waals surface area (Å²) in [6.45, 7) is 0.460. The first kappa shape index (κ1) is 13.2. The monoisotopic (exact) mass is 304 g/mol. The molecule has 3 nitrogen and oxygen atoms in total. The second kappa shape index (κ2) is 5.27. The molecule has 3 rings (SSSR count). The Labute approximate surface area is 125 Å². The quantitative estimate of drug-likeness (QED) is 0.722. The Kier molecular flexibility index (Phi) is 3.47. The molecule has 0 aliphatic carbocycles. The van der Waals surface area contributed by atoms with Crippen molar-refractivity contribution in [2.45, 2.75) is 6.54 Å². The van der Waals surface area contributed by atoms with Crippen molar-refractivity contribution in [3.8, 4) is 0 Å². The number of aromatic nitrogens is 2. The second-order valence-electron chi connectivity index (χ2n) is 4.47. The van der Waals surface area contributed by atoms with Crippen molar-refractivity contribution in [2.24, 2.45) is 0 Å². The average molecular weight is 305 g/mol. The summed E-state index contributed by atoms with van der Waals surface area (Å²) in [5, 5.41) is 1.80. The third kappa shape index (κ3) is 2.55. The van der Waals surface area contributed by atoms with E-state index in [2.05, 4.69) is 4.98 Å². The number of hydrogen-bond acceptors (Lipinski definition) is 2. The minimum Gasteiger partial charge on any atom is -0.294 e. The fourth-order valence-electron chi connectivity index (χ4n) is 2.03. The zero-order valence-corrected chi connectivity index (χ0v) is 11.9. The largest absolute Gasteiger partial charge is 0.294 e. The van der Waals surface area contributed by atoms with Gasteiger partial charge >= 0.3 is 0 Å². The standard InChI is InChI=1S/C15H10Cl2N2O/c16-11-3-1-10(2-4-11)8-19-9-18-14-7-12(17)5-6-13(14)15(19)20/h1-7,9H,8H2. The van der Waals surface area contributed by atoms with Crippen LogP contribution < -0.4 is 5.56 Å². The molecule has 0 saturated carbocycles. The van der Waals surface area contributed by atoms with Gasteiger partial charge in [0.15, 0.2) is 0 Å². The first-order valence-electron chi connectivity index (χ1n) is 6.02. The van der Waals surface area contributed by atoms with Gasteiger partial charge in [0.1, 0.15) is 0 Å². The topological polar surface area (TPSA) is 34.9 Å². The van der Waals surface area contributed by atoms with Crippen LogP contribution in [0.15, 0.2) is 53.6 Å². The highest BCUT2D eigenvalue weighted by molar-refractivity contribution is 6.31. The molecule has 20 heavy (non-hydrogen) atoms. The predicted molar refractivity (Wildman–Crippen MR) is 81.6 cm³/mol. The van der Waals surface area contributed by atoms with E-state index in [1.54, 1.807) is 34.9 Å². The number of nitrogens with zero attached hydrogens (tertiary/aromatic N) is 2. The molecular weight excluding hydrogens is 295 g/mol. The summed E-state index contributed by atoms with van der Waals surface area (Å²) in [5.41, 5.74) is 1.52. The summed E-state index contributed by atoms with van der Waals surface area (Å²) in [7, 11) is 0. The zero-order chi connectivity index (χ0) is 14.1. The summed E-state index contributed by atoms with van der Waals surface area (Å²) >= 11 is 11.7. The van der Waals surface area contributed by atoms with Crippen molar-refractivity contribution in [1.29, 1.82) is 0 Å². The minimum atomic E-state index is -0.0818. The van der Waals surface area contributed by atoms with Crippen LogP contribution in [0.3, 0.4) is 0 Å². The molecular formula is C15H10Cl2N2O. The lowest BCUT2D eigenvalue weighted by molar-refractivity contribution is 0.748. The van der Waals surface area contributed by atoms with Crippen molar-refractivity contribution in [3.05, 3.63) is 74.8 Å². The number of rotatable bonds is 2. The predicted octanol–water partition coefficient (Wildman–Crippen LogP) is 3.75. The molecule has 0 atom stereocenters. The summed E-state index contributed by atoms with van der Waals surface area (Å²) in [6, 6.07) is 12.5. The summed E-state index contributed by atoms with van der Waals surface area (Å²) in [4.78, 5) is 16.6. The number of hydrogen-bond donors (Lipinski definition) is 0. The Hall–Kier alpha value is -1.84. The maximum atomic E-state index is 12.4. The maximum absolute atomic E-state index is 12.4. The molecule has 0 spiro atoms. The van der Waals surface area contributed by atoms with Gasteiger partial charge in [0.05, 0.1) is 23.8 Å². The third-order valence-corrected chi connectivity index (χ3v) is 3.54. The van der Waals surface area contributed by atoms with Crippen LogP contribution in [-0.4, -0.2) is 9.55 Å². The van der Waals surface area contributed by atoms with Crippen molar-refractivity contribution in [1.82, 2.24) is 9.55 Å². The molecule has 2 aromatic carbocycles. The van der Waals surface area contributed by atoms with E-state index in [0.717, 1.165) is 5.56 Å². The van der Waals surface area contributed by atoms with Crippen molar-refractivity contribution >= 4 is 34.1 Å². The van der Waals surface area contributed by atoms with Crippen LogP contribution in [0.5, 0.6) is 0 Å². The van der Waals surface area contributed by atoms with E-state index in [4.69, 9.17) is 23.2 Å². The molecule has 0 unspecified atom stereocenters. The van der Waals surface area contributed by atoms with Crippen molar-refractivity contribution < 1.29 is 0 Å². The van der Waals surface area contributed by atoms with Gasteiger partial charge in [-0.2, -0.15) is 0 Å². The molecule has 3 aromatic rings. The Balaban J connectivity index is 2.04. The van der Waals surface area contributed by atoms with Crippen molar-refractivity contribution in [2.75, 3.05) is 0 Å². The summed E-state index contributed by atoms with van der Waals surface area (Å²) in [5.74, 6) is 0. The molecule has 0 N–H and O–H groups in total. The molecule has 1 heterocycles. The zero-order valence-electron chi connectivity index (χ0n) is 10.4. The van der Waals surface area contributed by atoms with Crippen LogP contribution in [0.2, 0.25) is 10.0 Å². The highest BCUT2D eigenvalue weighted by atomic mass is 35.5. The van der Waals surface area contributed by atoms with Crippen LogP contribution in [0.1, 0.15) is 5.56 Å². The van der Waals surface area contributed by atoms with E-state index in [1.165, 1.54) is 6.33 Å². The highest BCUT2D eigenvalue weighted by Gasteiger charge is 2.05. The molecule has 1 aromatic heterocycles. The van der Waals surface area contributed by atoms with Crippen LogP contribution in [-0.2, 0) is 6.54 Å². The smallest absolute Gasteiger partial charge is 0.261 e. The normalized spacial score (nSPS) is 10.9. The van der Waals surface area contributed by atoms with Gasteiger partial charge in [-0.15, -0.1) is 0 Å². The first-order valence-corrected chi connectivity index (χ1v) is 6.78. The van der Waals surface area contributed by atoms with Gasteiger partial charge in [0.2, 0.25) is 0 Å². The van der Waals surface area contributed by atoms with Crippen molar-refractivity contribution in [3.63, 3.8) is 0 Å². The second-order valence-corrected chi connectivity index (χ2v) is 5.34. The number of halogens is 2. The lowest BCUT2D eigenvalue weighted by Gasteiger charge is -2.07. The van der Waals surface area contributed by atoms with Crippen LogP contribution in [0.25, 0.3) is 10.9 Å². The Morgan fingerprint density at radius 2 is 1.70 bits per heavy atom. The molecule has 0 amide bonds. The Morgan fingerprint density at radius 3 is 2.45 bits per heavy atom. The molecule has 0 fully saturated rings. The Morgan fingerprint density at radius 1 is 1.00 bits per heavy atom. The van der Waals surface area contributed by atoms with Gasteiger partial charge < -0.3 is 0 Å². The molecule has 100 valence electrons. The lowest BCUT2D eigenvalue weighted by Crippen LogP contribution is -2.21. The van der Waals surface area contributed by atoms with E-state index >= 15 is 0 Å². The van der Waals surface area contributed by atoms with Crippen LogP contribution >= 0.6 is 23.2 Å². The molecule has 0 bridgehead atoms. The lowest BCUT2D eigenvalue weighted by atomic mass is 10.2. The van der Waals surface area contributed by atoms with E-state index in [0.29, 0.717) is 27.5 Å². The SMILES string of the molecule is O=c1c2ccc(Cl)cc2ncn1Cc1ccc(Cl)cc1. The van der Waals surface area contributed by atoms with Crippen LogP contribution in [0, 0.1) is 0 Å². The van der Waals surface area contributed by atoms with Gasteiger partial charge in [0, 0.05) is 10.0 Å². The number of fused-ring (bicyclic) bond motifs is 1. The van der Waals surface area contributed by atoms with Gasteiger partial charge in [-0.3, -0.25) is 9.36 Å². The van der Waals surface area contributed by atoms with Gasteiger partial charge in [-0.25, -0.2) is 4.98 Å². The molecule has 0 radical (unpaired) electrons. The fourth-order valence-corrected chi connectivity index (χ4v) is 2.32. The highest BCUT2D eigenvalue weighted by Crippen LogP contribution is 2.15. The molecule has 0 saturated heterocycles. The molecule has 0 aliphatic heterocycles. The van der Waals surface area contributed by atoms with Crippen LogP contribution in [0.4, 0.5) is 0 Å². The fraction of sp³-hybridized carbons (Fsp3) is 0.0667. The van der Waals surface area contributed by atoms with Gasteiger partial charge in [-0.1, -0.05) is 35.3 Å². The van der Waals surface area contributed by atoms with E-state index in [1.807, 2.05) is 12.1 Å². The average Bonchev–Trinajstić information content (AvgIpc) is 2.44. The van der Waals surface area contributed by atoms with E-state index in [9.17, 15) is 4.79 Å². The minimum absolute atomic E-state index is 0.0818. The first-order chi connectivity index (χ1) is 9.63. The van der Waals surface area contributed by atoms with Gasteiger partial charge in [-0.05, 0) is 35.9 Å². The summed E-state index contributed by atoms with van der Waals surface area (Å²) in [6.07, 6.45) is 1.54. The van der Waals surface area contributed by atoms with Gasteiger partial charge in [0.25, 0.3) is 5.56 Å². The third-order valence-electron chi connectivity index (χ3n) is 3.05. The van der Waals surface area contributed by atoms with E-state index < -0.39 is 0 Å².